The van der Waals surface area contributed by atoms with E-state index in [1.807, 2.05) is 4.90 Å². The highest BCUT2D eigenvalue weighted by atomic mass is 19.1. The Morgan fingerprint density at radius 2 is 1.73 bits per heavy atom. The molecule has 2 aliphatic rings. The fourth-order valence-corrected chi connectivity index (χ4v) is 4.03. The average molecular weight is 365 g/mol. The van der Waals surface area contributed by atoms with Crippen LogP contribution in [0.15, 0.2) is 18.2 Å². The molecule has 1 saturated carbocycles. The van der Waals surface area contributed by atoms with Crippen LogP contribution in [-0.2, 0) is 4.79 Å². The summed E-state index contributed by atoms with van der Waals surface area (Å²) in [4.78, 5) is 17.2. The van der Waals surface area contributed by atoms with Crippen LogP contribution in [0.4, 0.5) is 14.5 Å². The van der Waals surface area contributed by atoms with E-state index in [1.54, 1.807) is 0 Å². The lowest BCUT2D eigenvalue weighted by atomic mass is 9.85. The maximum atomic E-state index is 13.8. The van der Waals surface area contributed by atoms with Crippen molar-refractivity contribution in [3.05, 3.63) is 29.8 Å². The number of benzene rings is 1. The molecule has 0 aromatic heterocycles. The van der Waals surface area contributed by atoms with Gasteiger partial charge in [0.2, 0.25) is 5.91 Å². The molecule has 1 aliphatic carbocycles. The van der Waals surface area contributed by atoms with Gasteiger partial charge in [-0.3, -0.25) is 9.69 Å². The Morgan fingerprint density at radius 1 is 1.08 bits per heavy atom. The smallest absolute Gasteiger partial charge is 0.225 e. The number of hydrogen-bond donors (Lipinski definition) is 1. The Kier molecular flexibility index (Phi) is 6.12. The predicted octanol–water partition coefficient (Wildman–Crippen LogP) is 3.49. The Balaban J connectivity index is 1.47. The standard InChI is InChI=1S/C20H29F2N3O/c1-14(2)24-9-11-25(12-10-24)20(26)15-3-6-17(7-4-15)23-19-8-5-16(21)13-18(19)22/h5,8,13-15,17,23H,3-4,6-7,9-12H2,1-2H3. The summed E-state index contributed by atoms with van der Waals surface area (Å²) in [5.41, 5.74) is 0.339. The number of rotatable bonds is 4. The first-order chi connectivity index (χ1) is 12.4. The molecular formula is C20H29F2N3O. The lowest BCUT2D eigenvalue weighted by Crippen LogP contribution is -2.52. The molecule has 144 valence electrons. The van der Waals surface area contributed by atoms with E-state index in [4.69, 9.17) is 0 Å². The summed E-state index contributed by atoms with van der Waals surface area (Å²) in [6.07, 6.45) is 3.31. The maximum absolute atomic E-state index is 13.8. The van der Waals surface area contributed by atoms with Crippen LogP contribution in [0.2, 0.25) is 0 Å². The highest BCUT2D eigenvalue weighted by Crippen LogP contribution is 2.29. The van der Waals surface area contributed by atoms with Crippen molar-refractivity contribution < 1.29 is 13.6 Å². The normalized spacial score (nSPS) is 24.7. The zero-order valence-corrected chi connectivity index (χ0v) is 15.7. The van der Waals surface area contributed by atoms with Crippen LogP contribution in [-0.4, -0.2) is 54.0 Å². The minimum atomic E-state index is -0.570. The minimum Gasteiger partial charge on any atom is -0.380 e. The third-order valence-corrected chi connectivity index (χ3v) is 5.72. The molecule has 3 rings (SSSR count). The fraction of sp³-hybridized carbons (Fsp3) is 0.650. The van der Waals surface area contributed by atoms with Crippen molar-refractivity contribution in [2.45, 2.75) is 51.6 Å². The van der Waals surface area contributed by atoms with Crippen LogP contribution < -0.4 is 5.32 Å². The number of halogens is 2. The molecule has 1 amide bonds. The number of carbonyl (C=O) groups excluding carboxylic acids is 1. The van der Waals surface area contributed by atoms with Crippen molar-refractivity contribution in [2.75, 3.05) is 31.5 Å². The first-order valence-electron chi connectivity index (χ1n) is 9.68. The lowest BCUT2D eigenvalue weighted by molar-refractivity contribution is -0.138. The summed E-state index contributed by atoms with van der Waals surface area (Å²) in [6.45, 7) is 7.91. The van der Waals surface area contributed by atoms with Crippen molar-refractivity contribution in [3.8, 4) is 0 Å². The molecule has 1 aromatic rings. The zero-order chi connectivity index (χ0) is 18.7. The number of piperazine rings is 1. The quantitative estimate of drug-likeness (QED) is 0.887. The highest BCUT2D eigenvalue weighted by molar-refractivity contribution is 5.79. The van der Waals surface area contributed by atoms with Crippen LogP contribution in [0.1, 0.15) is 39.5 Å². The molecule has 1 saturated heterocycles. The van der Waals surface area contributed by atoms with E-state index in [0.29, 0.717) is 11.7 Å². The van der Waals surface area contributed by atoms with Gasteiger partial charge in [-0.25, -0.2) is 8.78 Å². The number of anilines is 1. The van der Waals surface area contributed by atoms with Crippen molar-refractivity contribution >= 4 is 11.6 Å². The summed E-state index contributed by atoms with van der Waals surface area (Å²) in [5, 5.41) is 3.16. The van der Waals surface area contributed by atoms with Crippen molar-refractivity contribution in [2.24, 2.45) is 5.92 Å². The SMILES string of the molecule is CC(C)N1CCN(C(=O)C2CCC(Nc3ccc(F)cc3F)CC2)CC1. The van der Waals surface area contributed by atoms with Crippen LogP contribution >= 0.6 is 0 Å². The Bertz CT molecular complexity index is 621. The number of amides is 1. The van der Waals surface area contributed by atoms with E-state index in [2.05, 4.69) is 24.1 Å². The fourth-order valence-electron chi connectivity index (χ4n) is 4.03. The van der Waals surface area contributed by atoms with Crippen molar-refractivity contribution in [1.29, 1.82) is 0 Å². The predicted molar refractivity (Wildman–Crippen MR) is 99.0 cm³/mol. The van der Waals surface area contributed by atoms with Gasteiger partial charge in [0, 0.05) is 50.2 Å². The summed E-state index contributed by atoms with van der Waals surface area (Å²) >= 11 is 0. The number of nitrogens with zero attached hydrogens (tertiary/aromatic N) is 2. The van der Waals surface area contributed by atoms with Gasteiger partial charge in [-0.2, -0.15) is 0 Å². The molecule has 1 heterocycles. The molecule has 6 heteroatoms. The van der Waals surface area contributed by atoms with E-state index in [9.17, 15) is 13.6 Å². The van der Waals surface area contributed by atoms with Gasteiger partial charge < -0.3 is 10.2 Å². The van der Waals surface area contributed by atoms with Gasteiger partial charge in [-0.05, 0) is 51.7 Å². The van der Waals surface area contributed by atoms with Gasteiger partial charge in [0.25, 0.3) is 0 Å². The second kappa shape index (κ2) is 8.33. The zero-order valence-electron chi connectivity index (χ0n) is 15.7. The maximum Gasteiger partial charge on any atom is 0.225 e. The largest absolute Gasteiger partial charge is 0.380 e. The molecule has 1 N–H and O–H groups in total. The third kappa shape index (κ3) is 4.53. The van der Waals surface area contributed by atoms with E-state index < -0.39 is 11.6 Å². The topological polar surface area (TPSA) is 35.6 Å². The van der Waals surface area contributed by atoms with Crippen molar-refractivity contribution in [1.82, 2.24) is 9.80 Å². The monoisotopic (exact) mass is 365 g/mol. The van der Waals surface area contributed by atoms with Crippen LogP contribution in [0.3, 0.4) is 0 Å². The first-order valence-corrected chi connectivity index (χ1v) is 9.68. The van der Waals surface area contributed by atoms with E-state index in [1.165, 1.54) is 12.1 Å². The molecule has 0 spiro atoms. The summed E-state index contributed by atoms with van der Waals surface area (Å²) < 4.78 is 26.8. The van der Waals surface area contributed by atoms with Crippen LogP contribution in [0, 0.1) is 17.6 Å². The molecule has 1 aliphatic heterocycles. The van der Waals surface area contributed by atoms with Gasteiger partial charge in [0.1, 0.15) is 11.6 Å². The average Bonchev–Trinajstić information content (AvgIpc) is 2.64. The molecule has 0 atom stereocenters. The Labute approximate surface area is 154 Å². The van der Waals surface area contributed by atoms with E-state index in [0.717, 1.165) is 57.9 Å². The summed E-state index contributed by atoms with van der Waals surface area (Å²) in [6, 6.07) is 4.26. The second-order valence-corrected chi connectivity index (χ2v) is 7.77. The number of nitrogens with one attached hydrogen (secondary N) is 1. The van der Waals surface area contributed by atoms with Gasteiger partial charge in [0.05, 0.1) is 5.69 Å². The highest BCUT2D eigenvalue weighted by Gasteiger charge is 2.31. The summed E-state index contributed by atoms with van der Waals surface area (Å²) in [5.74, 6) is -0.775. The number of carbonyl (C=O) groups is 1. The van der Waals surface area contributed by atoms with Gasteiger partial charge in [0.15, 0.2) is 0 Å². The van der Waals surface area contributed by atoms with Crippen molar-refractivity contribution in [3.63, 3.8) is 0 Å². The second-order valence-electron chi connectivity index (χ2n) is 7.77. The summed E-state index contributed by atoms with van der Waals surface area (Å²) in [7, 11) is 0. The van der Waals surface area contributed by atoms with Gasteiger partial charge in [-0.15, -0.1) is 0 Å². The molecule has 4 nitrogen and oxygen atoms in total. The Hall–Kier alpha value is -1.69. The molecule has 0 radical (unpaired) electrons. The molecular weight excluding hydrogens is 336 g/mol. The van der Waals surface area contributed by atoms with E-state index in [-0.39, 0.29) is 17.9 Å². The molecule has 0 unspecified atom stereocenters. The van der Waals surface area contributed by atoms with E-state index >= 15 is 0 Å². The molecule has 2 fully saturated rings. The lowest BCUT2D eigenvalue weighted by Gasteiger charge is -2.39. The van der Waals surface area contributed by atoms with Crippen LogP contribution in [0.5, 0.6) is 0 Å². The van der Waals surface area contributed by atoms with Gasteiger partial charge >= 0.3 is 0 Å². The molecule has 1 aromatic carbocycles. The minimum absolute atomic E-state index is 0.0803. The third-order valence-electron chi connectivity index (χ3n) is 5.72. The Morgan fingerprint density at radius 3 is 2.31 bits per heavy atom. The van der Waals surface area contributed by atoms with Crippen LogP contribution in [0.25, 0.3) is 0 Å². The number of hydrogen-bond acceptors (Lipinski definition) is 3. The first kappa shape index (κ1) is 19.1. The van der Waals surface area contributed by atoms with Gasteiger partial charge in [-0.1, -0.05) is 0 Å². The molecule has 26 heavy (non-hydrogen) atoms. The molecule has 0 bridgehead atoms.